The van der Waals surface area contributed by atoms with Crippen LogP contribution in [0.1, 0.15) is 41.6 Å². The van der Waals surface area contributed by atoms with E-state index >= 15 is 0 Å². The van der Waals surface area contributed by atoms with Crippen LogP contribution in [0, 0.1) is 6.92 Å². The van der Waals surface area contributed by atoms with Crippen LogP contribution in [0.4, 0.5) is 0 Å². The standard InChI is InChI=1S/C15H20ClNO2/c1-10-7-8-11(16)9-12(10)15(19)17(2)13-5-3-4-6-14(13)18/h7-9,13-14,18H,3-6H2,1-2H3. The molecule has 0 heterocycles. The second-order valence-electron chi connectivity index (χ2n) is 5.29. The van der Waals surface area contributed by atoms with Gasteiger partial charge >= 0.3 is 0 Å². The van der Waals surface area contributed by atoms with E-state index in [2.05, 4.69) is 0 Å². The molecule has 0 radical (unpaired) electrons. The molecule has 0 spiro atoms. The molecule has 2 atom stereocenters. The van der Waals surface area contributed by atoms with Crippen molar-refractivity contribution in [2.24, 2.45) is 0 Å². The molecule has 0 saturated heterocycles. The molecule has 1 fully saturated rings. The molecular formula is C15H20ClNO2. The first-order valence-corrected chi connectivity index (χ1v) is 7.10. The third-order valence-corrected chi connectivity index (χ3v) is 4.18. The summed E-state index contributed by atoms with van der Waals surface area (Å²) >= 11 is 5.96. The topological polar surface area (TPSA) is 40.5 Å². The van der Waals surface area contributed by atoms with E-state index in [1.165, 1.54) is 0 Å². The van der Waals surface area contributed by atoms with E-state index in [4.69, 9.17) is 11.6 Å². The quantitative estimate of drug-likeness (QED) is 0.905. The average Bonchev–Trinajstić information content (AvgIpc) is 2.40. The van der Waals surface area contributed by atoms with E-state index in [1.54, 1.807) is 24.1 Å². The second kappa shape index (κ2) is 5.93. The first kappa shape index (κ1) is 14.4. The molecule has 1 aromatic rings. The minimum atomic E-state index is -0.415. The van der Waals surface area contributed by atoms with Crippen molar-refractivity contribution in [1.82, 2.24) is 4.90 Å². The minimum absolute atomic E-state index is 0.0639. The molecule has 2 unspecified atom stereocenters. The molecule has 1 N–H and O–H groups in total. The van der Waals surface area contributed by atoms with Gasteiger partial charge in [0.15, 0.2) is 0 Å². The summed E-state index contributed by atoms with van der Waals surface area (Å²) in [4.78, 5) is 14.2. The number of carbonyl (C=O) groups excluding carboxylic acids is 1. The van der Waals surface area contributed by atoms with Crippen molar-refractivity contribution in [3.63, 3.8) is 0 Å². The molecule has 1 saturated carbocycles. The van der Waals surface area contributed by atoms with Crippen LogP contribution in [0.15, 0.2) is 18.2 Å². The zero-order valence-corrected chi connectivity index (χ0v) is 12.2. The molecule has 0 aromatic heterocycles. The molecule has 4 heteroatoms. The molecule has 104 valence electrons. The lowest BCUT2D eigenvalue weighted by atomic mass is 9.91. The number of nitrogens with zero attached hydrogens (tertiary/aromatic N) is 1. The summed E-state index contributed by atoms with van der Waals surface area (Å²) < 4.78 is 0. The van der Waals surface area contributed by atoms with Gasteiger partial charge in [0.2, 0.25) is 0 Å². The SMILES string of the molecule is Cc1ccc(Cl)cc1C(=O)N(C)C1CCCCC1O. The van der Waals surface area contributed by atoms with Gasteiger partial charge in [0.1, 0.15) is 0 Å². The number of hydrogen-bond acceptors (Lipinski definition) is 2. The number of likely N-dealkylation sites (N-methyl/N-ethyl adjacent to an activating group) is 1. The predicted octanol–water partition coefficient (Wildman–Crippen LogP) is 3.02. The fourth-order valence-corrected chi connectivity index (χ4v) is 2.88. The van der Waals surface area contributed by atoms with Crippen LogP contribution in [0.2, 0.25) is 5.02 Å². The summed E-state index contributed by atoms with van der Waals surface area (Å²) in [5.74, 6) is -0.0639. The number of rotatable bonds is 2. The Morgan fingerprint density at radius 3 is 2.74 bits per heavy atom. The fraction of sp³-hybridized carbons (Fsp3) is 0.533. The molecular weight excluding hydrogens is 262 g/mol. The molecule has 0 bridgehead atoms. The van der Waals surface area contributed by atoms with E-state index in [-0.39, 0.29) is 11.9 Å². The van der Waals surface area contributed by atoms with E-state index in [0.29, 0.717) is 10.6 Å². The summed E-state index contributed by atoms with van der Waals surface area (Å²) in [7, 11) is 1.77. The lowest BCUT2D eigenvalue weighted by molar-refractivity contribution is 0.0267. The molecule has 19 heavy (non-hydrogen) atoms. The maximum Gasteiger partial charge on any atom is 0.254 e. The van der Waals surface area contributed by atoms with E-state index < -0.39 is 6.10 Å². The predicted molar refractivity (Wildman–Crippen MR) is 76.5 cm³/mol. The Labute approximate surface area is 119 Å². The summed E-state index contributed by atoms with van der Waals surface area (Å²) in [6.45, 7) is 1.90. The number of carbonyl (C=O) groups is 1. The van der Waals surface area contributed by atoms with Gasteiger partial charge in [-0.3, -0.25) is 4.79 Å². The fourth-order valence-electron chi connectivity index (χ4n) is 2.71. The highest BCUT2D eigenvalue weighted by Gasteiger charge is 2.30. The van der Waals surface area contributed by atoms with Gasteiger partial charge in [0.05, 0.1) is 12.1 Å². The van der Waals surface area contributed by atoms with Gasteiger partial charge in [-0.1, -0.05) is 30.5 Å². The third-order valence-electron chi connectivity index (χ3n) is 3.94. The second-order valence-corrected chi connectivity index (χ2v) is 5.73. The summed E-state index contributed by atoms with van der Waals surface area (Å²) in [6.07, 6.45) is 3.33. The van der Waals surface area contributed by atoms with Crippen molar-refractivity contribution >= 4 is 17.5 Å². The Morgan fingerprint density at radius 2 is 2.05 bits per heavy atom. The largest absolute Gasteiger partial charge is 0.391 e. The molecule has 1 aliphatic carbocycles. The highest BCUT2D eigenvalue weighted by Crippen LogP contribution is 2.25. The smallest absolute Gasteiger partial charge is 0.254 e. The van der Waals surface area contributed by atoms with Gasteiger partial charge in [0, 0.05) is 17.6 Å². The summed E-state index contributed by atoms with van der Waals surface area (Å²) in [6, 6.07) is 5.24. The van der Waals surface area contributed by atoms with Gasteiger partial charge < -0.3 is 10.0 Å². The Kier molecular flexibility index (Phi) is 4.48. The maximum absolute atomic E-state index is 12.5. The van der Waals surface area contributed by atoms with Crippen molar-refractivity contribution in [3.05, 3.63) is 34.3 Å². The molecule has 1 aromatic carbocycles. The van der Waals surface area contributed by atoms with Crippen molar-refractivity contribution in [2.45, 2.75) is 44.8 Å². The summed E-state index contributed by atoms with van der Waals surface area (Å²) in [5, 5.41) is 10.6. The van der Waals surface area contributed by atoms with E-state index in [1.807, 2.05) is 13.0 Å². The number of aliphatic hydroxyl groups is 1. The third kappa shape index (κ3) is 3.10. The maximum atomic E-state index is 12.5. The van der Waals surface area contributed by atoms with Gasteiger partial charge in [-0.05, 0) is 37.5 Å². The number of amides is 1. The van der Waals surface area contributed by atoms with Gasteiger partial charge in [-0.15, -0.1) is 0 Å². The van der Waals surface area contributed by atoms with Crippen molar-refractivity contribution in [2.75, 3.05) is 7.05 Å². The van der Waals surface area contributed by atoms with Crippen LogP contribution in [-0.4, -0.2) is 35.1 Å². The van der Waals surface area contributed by atoms with Crippen LogP contribution in [0.3, 0.4) is 0 Å². The van der Waals surface area contributed by atoms with Crippen LogP contribution in [0.25, 0.3) is 0 Å². The van der Waals surface area contributed by atoms with Crippen molar-refractivity contribution in [3.8, 4) is 0 Å². The molecule has 0 aliphatic heterocycles. The van der Waals surface area contributed by atoms with Crippen LogP contribution in [-0.2, 0) is 0 Å². The first-order valence-electron chi connectivity index (χ1n) is 6.72. The van der Waals surface area contributed by atoms with Crippen molar-refractivity contribution < 1.29 is 9.90 Å². The number of aryl methyl sites for hydroxylation is 1. The highest BCUT2D eigenvalue weighted by atomic mass is 35.5. The average molecular weight is 282 g/mol. The number of halogens is 1. The lowest BCUT2D eigenvalue weighted by Crippen LogP contribution is -2.46. The lowest BCUT2D eigenvalue weighted by Gasteiger charge is -2.35. The van der Waals surface area contributed by atoms with E-state index in [0.717, 1.165) is 31.2 Å². The molecule has 2 rings (SSSR count). The minimum Gasteiger partial charge on any atom is -0.391 e. The van der Waals surface area contributed by atoms with Gasteiger partial charge in [-0.25, -0.2) is 0 Å². The first-order chi connectivity index (χ1) is 9.00. The van der Waals surface area contributed by atoms with Crippen LogP contribution in [0.5, 0.6) is 0 Å². The number of aliphatic hydroxyl groups excluding tert-OH is 1. The van der Waals surface area contributed by atoms with Gasteiger partial charge in [-0.2, -0.15) is 0 Å². The Hall–Kier alpha value is -1.06. The van der Waals surface area contributed by atoms with E-state index in [9.17, 15) is 9.90 Å². The molecule has 1 aliphatic rings. The Morgan fingerprint density at radius 1 is 1.37 bits per heavy atom. The molecule has 1 amide bonds. The monoisotopic (exact) mass is 281 g/mol. The summed E-state index contributed by atoms with van der Waals surface area (Å²) in [5.41, 5.74) is 1.53. The molecule has 3 nitrogen and oxygen atoms in total. The Bertz CT molecular complexity index is 475. The highest BCUT2D eigenvalue weighted by molar-refractivity contribution is 6.31. The normalized spacial score (nSPS) is 23.2. The zero-order valence-electron chi connectivity index (χ0n) is 11.4. The number of benzene rings is 1. The van der Waals surface area contributed by atoms with Gasteiger partial charge in [0.25, 0.3) is 5.91 Å². The Balaban J connectivity index is 2.20. The number of hydrogen-bond donors (Lipinski definition) is 1. The zero-order chi connectivity index (χ0) is 14.0. The van der Waals surface area contributed by atoms with Crippen LogP contribution >= 0.6 is 11.6 Å². The van der Waals surface area contributed by atoms with Crippen molar-refractivity contribution in [1.29, 1.82) is 0 Å². The van der Waals surface area contributed by atoms with Crippen LogP contribution < -0.4 is 0 Å².